The van der Waals surface area contributed by atoms with Crippen molar-refractivity contribution in [2.24, 2.45) is 0 Å². The Morgan fingerprint density at radius 3 is 2.45 bits per heavy atom. The predicted octanol–water partition coefficient (Wildman–Crippen LogP) is 6.35. The number of pyridine rings is 2. The Hall–Kier alpha value is -3.22. The molecule has 0 saturated carbocycles. The average Bonchev–Trinajstić information content (AvgIpc) is 3.08. The molecule has 0 fully saturated rings. The van der Waals surface area contributed by atoms with E-state index >= 15 is 0 Å². The van der Waals surface area contributed by atoms with E-state index in [0.717, 1.165) is 5.52 Å². The Balaban J connectivity index is 1.99. The minimum Gasteiger partial charge on any atom is -0.308 e. The van der Waals surface area contributed by atoms with Crippen LogP contribution in [0.25, 0.3) is 59.8 Å². The van der Waals surface area contributed by atoms with Crippen molar-refractivity contribution in [1.29, 1.82) is 0 Å². The van der Waals surface area contributed by atoms with Crippen molar-refractivity contribution >= 4 is 74.3 Å². The molecule has 3 heteroatoms. The highest BCUT2D eigenvalue weighted by molar-refractivity contribution is 7.28. The molecule has 0 radical (unpaired) electrons. The van der Waals surface area contributed by atoms with Gasteiger partial charge in [0.2, 0.25) is 0 Å². The highest BCUT2D eigenvalue weighted by Gasteiger charge is 2.21. The number of para-hydroxylation sites is 1. The summed E-state index contributed by atoms with van der Waals surface area (Å²) < 4.78 is 2.48. The van der Waals surface area contributed by atoms with Crippen LogP contribution in [0.4, 0.5) is 0 Å². The lowest BCUT2D eigenvalue weighted by molar-refractivity contribution is 1.32. The predicted molar refractivity (Wildman–Crippen MR) is 128 cm³/mol. The summed E-state index contributed by atoms with van der Waals surface area (Å²) in [6, 6.07) is 24.2. The number of fused-ring (bicyclic) bond motifs is 7. The van der Waals surface area contributed by atoms with E-state index in [1.54, 1.807) is 0 Å². The Kier molecular flexibility index (Phi) is 2.82. The fourth-order valence-corrected chi connectivity index (χ4v) is 5.66. The highest BCUT2D eigenvalue weighted by atomic mass is 31.0. The summed E-state index contributed by atoms with van der Waals surface area (Å²) in [5.74, 6) is 0. The average molecular weight is 388 g/mol. The molecule has 1 atom stereocenters. The van der Waals surface area contributed by atoms with Gasteiger partial charge >= 0.3 is 0 Å². The second-order valence-corrected chi connectivity index (χ2v) is 8.54. The highest BCUT2D eigenvalue weighted by Crippen LogP contribution is 2.42. The second-order valence-electron chi connectivity index (χ2n) is 7.92. The third kappa shape index (κ3) is 1.79. The number of nitrogens with zero attached hydrogens (tertiary/aromatic N) is 2. The van der Waals surface area contributed by atoms with Crippen LogP contribution in [0.3, 0.4) is 0 Å². The van der Waals surface area contributed by atoms with E-state index in [0.29, 0.717) is 0 Å². The first kappa shape index (κ1) is 15.7. The zero-order valence-corrected chi connectivity index (χ0v) is 17.1. The van der Waals surface area contributed by atoms with Crippen molar-refractivity contribution in [2.75, 3.05) is 0 Å². The number of benzene rings is 4. The lowest BCUT2D eigenvalue weighted by atomic mass is 9.97. The molecule has 3 aromatic heterocycles. The fourth-order valence-electron chi connectivity index (χ4n) is 5.26. The number of hydrogen-bond acceptors (Lipinski definition) is 1. The Labute approximate surface area is 169 Å². The fraction of sp³-hybridized carbons (Fsp3) is 0.0385. The molecule has 0 spiro atoms. The molecule has 0 aliphatic rings. The molecule has 3 heterocycles. The van der Waals surface area contributed by atoms with Gasteiger partial charge in [0.1, 0.15) is 0 Å². The van der Waals surface area contributed by atoms with E-state index in [9.17, 15) is 0 Å². The van der Waals surface area contributed by atoms with Gasteiger partial charge < -0.3 is 4.40 Å². The standard InChI is InChI=1S/C26H17N2P/c1-14-16-7-3-2-6-15(16)12-20-24-23-18(10-11-27-24)22(29)13-19-17-8-4-5-9-21(17)28(25(14)20)26(19)23/h2-13H,29H2,1H3. The Morgan fingerprint density at radius 2 is 1.55 bits per heavy atom. The van der Waals surface area contributed by atoms with Gasteiger partial charge in [-0.1, -0.05) is 42.5 Å². The molecule has 7 rings (SSSR count). The third-order valence-corrected chi connectivity index (χ3v) is 6.94. The number of rotatable bonds is 0. The largest absolute Gasteiger partial charge is 0.308 e. The summed E-state index contributed by atoms with van der Waals surface area (Å²) >= 11 is 0. The number of aromatic nitrogens is 2. The summed E-state index contributed by atoms with van der Waals surface area (Å²) in [6.45, 7) is 2.25. The number of aryl methyl sites for hydroxylation is 1. The van der Waals surface area contributed by atoms with E-state index in [1.807, 2.05) is 6.20 Å². The van der Waals surface area contributed by atoms with E-state index in [4.69, 9.17) is 4.98 Å². The monoisotopic (exact) mass is 388 g/mol. The van der Waals surface area contributed by atoms with Gasteiger partial charge in [0.05, 0.1) is 22.1 Å². The van der Waals surface area contributed by atoms with E-state index < -0.39 is 0 Å². The molecule has 0 amide bonds. The lowest BCUT2D eigenvalue weighted by Gasteiger charge is -2.16. The van der Waals surface area contributed by atoms with Gasteiger partial charge in [-0.25, -0.2) is 0 Å². The maximum atomic E-state index is 4.90. The molecule has 0 aliphatic heterocycles. The molecule has 0 N–H and O–H groups in total. The zero-order valence-electron chi connectivity index (χ0n) is 15.9. The van der Waals surface area contributed by atoms with Gasteiger partial charge in [-0.05, 0) is 58.2 Å². The van der Waals surface area contributed by atoms with Gasteiger partial charge in [0.15, 0.2) is 0 Å². The van der Waals surface area contributed by atoms with E-state index in [2.05, 4.69) is 87.3 Å². The van der Waals surface area contributed by atoms with E-state index in [-0.39, 0.29) is 0 Å². The van der Waals surface area contributed by atoms with Gasteiger partial charge in [0.25, 0.3) is 0 Å². The molecule has 1 unspecified atom stereocenters. The molecule has 0 bridgehead atoms. The molecular weight excluding hydrogens is 371 g/mol. The minimum atomic E-state index is 1.09. The van der Waals surface area contributed by atoms with Crippen molar-refractivity contribution < 1.29 is 0 Å². The molecule has 0 aliphatic carbocycles. The van der Waals surface area contributed by atoms with Crippen molar-refractivity contribution in [3.8, 4) is 0 Å². The van der Waals surface area contributed by atoms with Gasteiger partial charge in [0, 0.05) is 27.7 Å². The quantitative estimate of drug-likeness (QED) is 0.168. The van der Waals surface area contributed by atoms with Crippen LogP contribution in [-0.2, 0) is 0 Å². The summed E-state index contributed by atoms with van der Waals surface area (Å²) in [6.07, 6.45) is 1.95. The normalized spacial score (nSPS) is 12.5. The van der Waals surface area contributed by atoms with Crippen LogP contribution >= 0.6 is 9.24 Å². The SMILES string of the molecule is Cc1c2ccccc2cc2c3nccc4c(P)cc5c6ccccc6n(c12)c5c43. The van der Waals surface area contributed by atoms with Crippen LogP contribution in [0.2, 0.25) is 0 Å². The first-order valence-corrected chi connectivity index (χ1v) is 10.5. The van der Waals surface area contributed by atoms with Crippen LogP contribution in [0, 0.1) is 6.92 Å². The minimum absolute atomic E-state index is 1.09. The molecule has 0 saturated heterocycles. The zero-order chi connectivity index (χ0) is 19.3. The summed E-state index contributed by atoms with van der Waals surface area (Å²) in [7, 11) is 2.93. The van der Waals surface area contributed by atoms with Crippen LogP contribution in [-0.4, -0.2) is 9.38 Å². The maximum absolute atomic E-state index is 4.90. The van der Waals surface area contributed by atoms with Crippen molar-refractivity contribution in [2.45, 2.75) is 6.92 Å². The molecule has 136 valence electrons. The smallest absolute Gasteiger partial charge is 0.0823 e. The molecule has 4 aromatic carbocycles. The molecule has 7 aromatic rings. The first-order chi connectivity index (χ1) is 14.2. The Bertz CT molecular complexity index is 1780. The number of hydrogen-bond donors (Lipinski definition) is 0. The molecule has 29 heavy (non-hydrogen) atoms. The Morgan fingerprint density at radius 1 is 0.759 bits per heavy atom. The van der Waals surface area contributed by atoms with Crippen molar-refractivity contribution in [3.63, 3.8) is 0 Å². The second kappa shape index (κ2) is 5.23. The van der Waals surface area contributed by atoms with Crippen molar-refractivity contribution in [1.82, 2.24) is 9.38 Å². The summed E-state index contributed by atoms with van der Waals surface area (Å²) in [5.41, 5.74) is 6.20. The van der Waals surface area contributed by atoms with Crippen molar-refractivity contribution in [3.05, 3.63) is 78.5 Å². The van der Waals surface area contributed by atoms with Crippen LogP contribution < -0.4 is 5.30 Å². The van der Waals surface area contributed by atoms with Crippen LogP contribution in [0.5, 0.6) is 0 Å². The van der Waals surface area contributed by atoms with Gasteiger partial charge in [-0.3, -0.25) is 4.98 Å². The van der Waals surface area contributed by atoms with Crippen LogP contribution in [0.15, 0.2) is 72.9 Å². The summed E-state index contributed by atoms with van der Waals surface area (Å²) in [5, 5.41) is 10.1. The topological polar surface area (TPSA) is 17.3 Å². The third-order valence-electron chi connectivity index (χ3n) is 6.47. The first-order valence-electron chi connectivity index (χ1n) is 9.87. The lowest BCUT2D eigenvalue weighted by Crippen LogP contribution is -2.01. The molecular formula is C26H17N2P. The molecule has 2 nitrogen and oxygen atoms in total. The van der Waals surface area contributed by atoms with Gasteiger partial charge in [-0.2, -0.15) is 0 Å². The van der Waals surface area contributed by atoms with Crippen LogP contribution in [0.1, 0.15) is 5.56 Å². The summed E-state index contributed by atoms with van der Waals surface area (Å²) in [4.78, 5) is 4.90. The van der Waals surface area contributed by atoms with Gasteiger partial charge in [-0.15, -0.1) is 9.24 Å². The maximum Gasteiger partial charge on any atom is 0.0823 e. The van der Waals surface area contributed by atoms with E-state index in [1.165, 1.54) is 65.1 Å².